The van der Waals surface area contributed by atoms with Crippen molar-refractivity contribution < 1.29 is 28.7 Å². The first-order valence-corrected chi connectivity index (χ1v) is 12.6. The van der Waals surface area contributed by atoms with Crippen LogP contribution in [-0.2, 0) is 22.4 Å². The number of ether oxygens (including phenoxy) is 1. The van der Waals surface area contributed by atoms with E-state index in [9.17, 15) is 24.0 Å². The Hall–Kier alpha value is -4.85. The molecule has 2 heterocycles. The summed E-state index contributed by atoms with van der Waals surface area (Å²) >= 11 is 0. The van der Waals surface area contributed by atoms with Gasteiger partial charge in [0.25, 0.3) is 11.8 Å². The molecule has 2 aliphatic heterocycles. The number of hydrogen-bond acceptors (Lipinski definition) is 6. The number of methoxy groups -OCH3 is 1. The lowest BCUT2D eigenvalue weighted by Crippen LogP contribution is -2.56. The average Bonchev–Trinajstić information content (AvgIpc) is 3.20. The van der Waals surface area contributed by atoms with E-state index in [0.29, 0.717) is 36.3 Å². The Morgan fingerprint density at radius 2 is 1.97 bits per heavy atom. The summed E-state index contributed by atoms with van der Waals surface area (Å²) < 4.78 is 5.25. The number of fused-ring (bicyclic) bond motifs is 2. The van der Waals surface area contributed by atoms with Crippen LogP contribution < -0.4 is 26.4 Å². The smallest absolute Gasteiger partial charge is 0.323 e. The maximum absolute atomic E-state index is 13.3. The number of imide groups is 2. The third-order valence-corrected chi connectivity index (χ3v) is 7.29. The third kappa shape index (κ3) is 5.01. The second-order valence-corrected chi connectivity index (χ2v) is 9.78. The Bertz CT molecular complexity index is 1470. The summed E-state index contributed by atoms with van der Waals surface area (Å²) in [5.41, 5.74) is 7.13. The number of nitrogens with zero attached hydrogens (tertiary/aromatic N) is 1. The second-order valence-electron chi connectivity index (χ2n) is 9.78. The van der Waals surface area contributed by atoms with Gasteiger partial charge in [-0.1, -0.05) is 17.9 Å². The van der Waals surface area contributed by atoms with Crippen LogP contribution in [0.25, 0.3) is 0 Å². The molecular formula is C28H27N5O6. The first-order valence-electron chi connectivity index (χ1n) is 12.6. The Morgan fingerprint density at radius 1 is 1.15 bits per heavy atom. The molecule has 39 heavy (non-hydrogen) atoms. The van der Waals surface area contributed by atoms with E-state index >= 15 is 0 Å². The number of rotatable bonds is 4. The van der Waals surface area contributed by atoms with Crippen molar-refractivity contribution in [1.29, 1.82) is 0 Å². The van der Waals surface area contributed by atoms with Crippen LogP contribution in [0.1, 0.15) is 51.4 Å². The van der Waals surface area contributed by atoms with Crippen LogP contribution >= 0.6 is 0 Å². The quantitative estimate of drug-likeness (QED) is 0.341. The molecule has 5 N–H and O–H groups in total. The zero-order valence-corrected chi connectivity index (χ0v) is 21.3. The van der Waals surface area contributed by atoms with Crippen LogP contribution in [0, 0.1) is 11.8 Å². The molecule has 1 aliphatic carbocycles. The van der Waals surface area contributed by atoms with Gasteiger partial charge in [-0.25, -0.2) is 9.59 Å². The van der Waals surface area contributed by atoms with Crippen LogP contribution in [0.5, 0.6) is 5.75 Å². The number of amides is 7. The summed E-state index contributed by atoms with van der Waals surface area (Å²) in [7, 11) is 1.56. The minimum absolute atomic E-state index is 0.123. The predicted octanol–water partition coefficient (Wildman–Crippen LogP) is 0.938. The number of nitrogens with two attached hydrogens (primary N) is 1. The highest BCUT2D eigenvalue weighted by Crippen LogP contribution is 2.32. The van der Waals surface area contributed by atoms with Crippen molar-refractivity contribution in [1.82, 2.24) is 20.9 Å². The average molecular weight is 530 g/mol. The molecular weight excluding hydrogens is 502 g/mol. The molecule has 3 aliphatic rings. The van der Waals surface area contributed by atoms with Crippen molar-refractivity contribution in [2.24, 2.45) is 5.73 Å². The minimum Gasteiger partial charge on any atom is -0.497 e. The zero-order valence-electron chi connectivity index (χ0n) is 21.3. The highest BCUT2D eigenvalue weighted by Gasteiger charge is 2.47. The third-order valence-electron chi connectivity index (χ3n) is 7.29. The van der Waals surface area contributed by atoms with E-state index in [2.05, 4.69) is 27.8 Å². The molecule has 11 heteroatoms. The molecule has 0 bridgehead atoms. The van der Waals surface area contributed by atoms with E-state index in [1.807, 2.05) is 12.1 Å². The van der Waals surface area contributed by atoms with E-state index in [1.165, 1.54) is 4.90 Å². The number of primary amides is 1. The Morgan fingerprint density at radius 3 is 2.69 bits per heavy atom. The fourth-order valence-corrected chi connectivity index (χ4v) is 5.36. The Labute approximate surface area is 224 Å². The van der Waals surface area contributed by atoms with Gasteiger partial charge in [0.15, 0.2) is 0 Å². The first-order chi connectivity index (χ1) is 18.7. The molecule has 7 amide bonds. The van der Waals surface area contributed by atoms with Gasteiger partial charge >= 0.3 is 12.1 Å². The monoisotopic (exact) mass is 529 g/mol. The van der Waals surface area contributed by atoms with Crippen LogP contribution in [0.15, 0.2) is 36.4 Å². The van der Waals surface area contributed by atoms with E-state index in [0.717, 1.165) is 29.5 Å². The SMILES string of the molecule is COc1ccc2c(c1)CCN(CC1(C#Cc3ccc4c(c3)CCCC4C(=O)NC(N)=O)NC(=O)NC1=O)C2=O. The van der Waals surface area contributed by atoms with Gasteiger partial charge in [0.2, 0.25) is 11.4 Å². The lowest BCUT2D eigenvalue weighted by Gasteiger charge is -2.33. The normalized spacial score (nSPS) is 21.5. The summed E-state index contributed by atoms with van der Waals surface area (Å²) in [5.74, 6) is 4.73. The van der Waals surface area contributed by atoms with Gasteiger partial charge in [0.1, 0.15) is 5.75 Å². The molecule has 0 saturated carbocycles. The largest absolute Gasteiger partial charge is 0.497 e. The minimum atomic E-state index is -1.63. The highest BCUT2D eigenvalue weighted by molar-refractivity contribution is 6.10. The molecule has 1 saturated heterocycles. The lowest BCUT2D eigenvalue weighted by atomic mass is 9.81. The fourth-order valence-electron chi connectivity index (χ4n) is 5.36. The Balaban J connectivity index is 1.41. The van der Waals surface area contributed by atoms with Gasteiger partial charge in [-0.05, 0) is 72.7 Å². The van der Waals surface area contributed by atoms with E-state index < -0.39 is 35.3 Å². The van der Waals surface area contributed by atoms with Gasteiger partial charge in [-0.15, -0.1) is 0 Å². The summed E-state index contributed by atoms with van der Waals surface area (Å²) in [5, 5.41) is 7.00. The van der Waals surface area contributed by atoms with Gasteiger partial charge in [-0.3, -0.25) is 25.0 Å². The number of hydrogen-bond donors (Lipinski definition) is 4. The fraction of sp³-hybridized carbons (Fsp3) is 0.321. The number of nitrogens with one attached hydrogen (secondary N) is 3. The molecule has 200 valence electrons. The van der Waals surface area contributed by atoms with Crippen molar-refractivity contribution in [3.63, 3.8) is 0 Å². The van der Waals surface area contributed by atoms with Crippen LogP contribution in [0.3, 0.4) is 0 Å². The van der Waals surface area contributed by atoms with E-state index in [4.69, 9.17) is 10.5 Å². The topological polar surface area (TPSA) is 160 Å². The van der Waals surface area contributed by atoms with Gasteiger partial charge in [0, 0.05) is 17.7 Å². The summed E-state index contributed by atoms with van der Waals surface area (Å²) in [4.78, 5) is 63.4. The maximum Gasteiger partial charge on any atom is 0.323 e. The highest BCUT2D eigenvalue weighted by atomic mass is 16.5. The lowest BCUT2D eigenvalue weighted by molar-refractivity contribution is -0.123. The van der Waals surface area contributed by atoms with E-state index in [1.54, 1.807) is 31.4 Å². The molecule has 0 radical (unpaired) electrons. The molecule has 2 aromatic carbocycles. The van der Waals surface area contributed by atoms with Crippen LogP contribution in [0.4, 0.5) is 9.59 Å². The summed E-state index contributed by atoms with van der Waals surface area (Å²) in [6.07, 6.45) is 2.62. The number of urea groups is 2. The van der Waals surface area contributed by atoms with Gasteiger partial charge < -0.3 is 20.7 Å². The molecule has 0 spiro atoms. The molecule has 2 aromatic rings. The predicted molar refractivity (Wildman–Crippen MR) is 139 cm³/mol. The van der Waals surface area contributed by atoms with Crippen LogP contribution in [0.2, 0.25) is 0 Å². The number of benzene rings is 2. The summed E-state index contributed by atoms with van der Waals surface area (Å²) in [6.45, 7) is 0.224. The van der Waals surface area contributed by atoms with Crippen molar-refractivity contribution in [2.45, 2.75) is 37.1 Å². The molecule has 2 atom stereocenters. The van der Waals surface area contributed by atoms with Gasteiger partial charge in [-0.2, -0.15) is 0 Å². The standard InChI is InChI=1S/C28H27N5O6/c1-39-19-6-8-21-18(14-19)10-12-33(24(21)35)15-28(25(36)31-27(38)32-28)11-9-16-5-7-20-17(13-16)3-2-4-22(20)23(34)30-26(29)37/h5-8,13-14,22H,2-4,10,12,15H2,1H3,(H3,29,30,34,37)(H2,31,32,36,38). The molecule has 0 aromatic heterocycles. The van der Waals surface area contributed by atoms with Gasteiger partial charge in [0.05, 0.1) is 19.6 Å². The maximum atomic E-state index is 13.3. The zero-order chi connectivity index (χ0) is 27.7. The van der Waals surface area contributed by atoms with E-state index in [-0.39, 0.29) is 12.5 Å². The molecule has 5 rings (SSSR count). The van der Waals surface area contributed by atoms with Crippen molar-refractivity contribution in [3.05, 3.63) is 64.2 Å². The number of carbonyl (C=O) groups excluding carboxylic acids is 5. The molecule has 11 nitrogen and oxygen atoms in total. The molecule has 1 fully saturated rings. The van der Waals surface area contributed by atoms with Crippen molar-refractivity contribution in [3.8, 4) is 17.6 Å². The summed E-state index contributed by atoms with van der Waals surface area (Å²) in [6, 6.07) is 8.98. The molecule has 2 unspecified atom stereocenters. The van der Waals surface area contributed by atoms with Crippen molar-refractivity contribution in [2.75, 3.05) is 20.2 Å². The first kappa shape index (κ1) is 25.8. The van der Waals surface area contributed by atoms with Crippen molar-refractivity contribution >= 4 is 29.8 Å². The van der Waals surface area contributed by atoms with Crippen LogP contribution in [-0.4, -0.2) is 60.4 Å². The number of aryl methyl sites for hydroxylation is 1. The Kier molecular flexibility index (Phi) is 6.70. The second kappa shape index (κ2) is 10.1. The number of carbonyl (C=O) groups is 5.